The van der Waals surface area contributed by atoms with Gasteiger partial charge in [-0.15, -0.1) is 0 Å². The molecule has 35 heavy (non-hydrogen) atoms. The zero-order valence-corrected chi connectivity index (χ0v) is 21.5. The molecule has 2 aliphatic heterocycles. The van der Waals surface area contributed by atoms with Crippen LogP contribution in [-0.4, -0.2) is 69.5 Å². The van der Waals surface area contributed by atoms with Crippen LogP contribution >= 0.6 is 11.6 Å². The van der Waals surface area contributed by atoms with Crippen LogP contribution in [0.5, 0.6) is 0 Å². The van der Waals surface area contributed by atoms with Crippen LogP contribution in [0.2, 0.25) is 5.02 Å². The highest BCUT2D eigenvalue weighted by atomic mass is 35.5. The number of halogens is 1. The summed E-state index contributed by atoms with van der Waals surface area (Å²) in [5, 5.41) is 0.401. The first-order chi connectivity index (χ1) is 16.8. The van der Waals surface area contributed by atoms with Crippen molar-refractivity contribution in [3.8, 4) is 0 Å². The Morgan fingerprint density at radius 3 is 2.29 bits per heavy atom. The first-order valence-corrected chi connectivity index (χ1v) is 13.5. The Morgan fingerprint density at radius 1 is 0.886 bits per heavy atom. The van der Waals surface area contributed by atoms with E-state index in [1.54, 1.807) is 18.2 Å². The number of benzene rings is 2. The molecular weight excluding hydrogens is 484 g/mol. The number of hydrogen-bond donors (Lipinski definition) is 0. The van der Waals surface area contributed by atoms with E-state index in [4.69, 9.17) is 21.6 Å². The number of fused-ring (bicyclic) bond motifs is 1. The molecule has 5 rings (SSSR count). The highest BCUT2D eigenvalue weighted by Crippen LogP contribution is 2.31. The maximum atomic E-state index is 13.3. The molecule has 0 unspecified atom stereocenters. The summed E-state index contributed by atoms with van der Waals surface area (Å²) in [5.41, 5.74) is 3.01. The minimum atomic E-state index is -3.67. The van der Waals surface area contributed by atoms with E-state index < -0.39 is 10.0 Å². The fourth-order valence-corrected chi connectivity index (χ4v) is 6.37. The van der Waals surface area contributed by atoms with Crippen molar-refractivity contribution in [1.82, 2.24) is 14.3 Å². The van der Waals surface area contributed by atoms with Crippen LogP contribution in [0.3, 0.4) is 0 Å². The van der Waals surface area contributed by atoms with E-state index in [1.165, 1.54) is 16.1 Å². The Morgan fingerprint density at radius 2 is 1.60 bits per heavy atom. The zero-order valence-electron chi connectivity index (χ0n) is 19.9. The average Bonchev–Trinajstić information content (AvgIpc) is 2.88. The molecule has 8 nitrogen and oxygen atoms in total. The van der Waals surface area contributed by atoms with Crippen LogP contribution in [0, 0.1) is 0 Å². The quantitative estimate of drug-likeness (QED) is 0.519. The van der Waals surface area contributed by atoms with Gasteiger partial charge in [-0.25, -0.2) is 13.4 Å². The van der Waals surface area contributed by atoms with Crippen molar-refractivity contribution in [1.29, 1.82) is 0 Å². The molecule has 0 radical (unpaired) electrons. The van der Waals surface area contributed by atoms with Crippen LogP contribution in [0.1, 0.15) is 11.3 Å². The van der Waals surface area contributed by atoms with Gasteiger partial charge in [0.1, 0.15) is 5.82 Å². The molecule has 0 amide bonds. The SMILES string of the molecule is CN(C)c1nc(N2CCN(c3ccccc3)CC2)nc2c1CN(S(=O)(=O)c1cccc(Cl)c1)CC2. The number of aromatic nitrogens is 2. The molecule has 2 aliphatic rings. The van der Waals surface area contributed by atoms with Crippen LogP contribution in [-0.2, 0) is 23.0 Å². The molecule has 184 valence electrons. The third-order valence-electron chi connectivity index (χ3n) is 6.53. The van der Waals surface area contributed by atoms with E-state index in [2.05, 4.69) is 34.1 Å². The highest BCUT2D eigenvalue weighted by molar-refractivity contribution is 7.89. The van der Waals surface area contributed by atoms with Gasteiger partial charge in [-0.3, -0.25) is 0 Å². The molecular formula is C25H29ClN6O2S. The number of hydrogen-bond acceptors (Lipinski definition) is 7. The lowest BCUT2D eigenvalue weighted by Gasteiger charge is -2.37. The Bertz CT molecular complexity index is 1310. The van der Waals surface area contributed by atoms with Crippen LogP contribution in [0.25, 0.3) is 0 Å². The van der Waals surface area contributed by atoms with Crippen LogP contribution in [0.15, 0.2) is 59.5 Å². The molecule has 0 atom stereocenters. The molecule has 0 bridgehead atoms. The van der Waals surface area contributed by atoms with Gasteiger partial charge < -0.3 is 14.7 Å². The van der Waals surface area contributed by atoms with Gasteiger partial charge in [-0.05, 0) is 30.3 Å². The van der Waals surface area contributed by atoms with Gasteiger partial charge >= 0.3 is 0 Å². The smallest absolute Gasteiger partial charge is 0.243 e. The van der Waals surface area contributed by atoms with Gasteiger partial charge in [-0.1, -0.05) is 35.9 Å². The van der Waals surface area contributed by atoms with Crippen molar-refractivity contribution >= 4 is 39.1 Å². The van der Waals surface area contributed by atoms with Crippen molar-refractivity contribution in [3.63, 3.8) is 0 Å². The fraction of sp³-hybridized carbons (Fsp3) is 0.360. The molecule has 0 aliphatic carbocycles. The minimum Gasteiger partial charge on any atom is -0.368 e. The average molecular weight is 513 g/mol. The summed E-state index contributed by atoms with van der Waals surface area (Å²) in [6.07, 6.45) is 0.537. The lowest BCUT2D eigenvalue weighted by atomic mass is 10.1. The Balaban J connectivity index is 1.38. The van der Waals surface area contributed by atoms with E-state index in [9.17, 15) is 8.42 Å². The van der Waals surface area contributed by atoms with Gasteiger partial charge in [0.15, 0.2) is 0 Å². The predicted octanol–water partition coefficient (Wildman–Crippen LogP) is 3.27. The number of rotatable bonds is 5. The van der Waals surface area contributed by atoms with Gasteiger partial charge in [0.05, 0.1) is 10.6 Å². The number of para-hydroxylation sites is 1. The summed E-state index contributed by atoms with van der Waals surface area (Å²) in [6, 6.07) is 16.8. The maximum absolute atomic E-state index is 13.3. The second-order valence-electron chi connectivity index (χ2n) is 9.02. The topological polar surface area (TPSA) is 72.9 Å². The van der Waals surface area contributed by atoms with Crippen molar-refractivity contribution < 1.29 is 8.42 Å². The lowest BCUT2D eigenvalue weighted by molar-refractivity contribution is 0.387. The van der Waals surface area contributed by atoms with Gasteiger partial charge in [0, 0.05) is 76.1 Å². The second-order valence-corrected chi connectivity index (χ2v) is 11.4. The van der Waals surface area contributed by atoms with Gasteiger partial charge in [0.2, 0.25) is 16.0 Å². The summed E-state index contributed by atoms with van der Waals surface area (Å²) in [5.74, 6) is 1.48. The Hall–Kier alpha value is -2.88. The van der Waals surface area contributed by atoms with E-state index in [-0.39, 0.29) is 11.4 Å². The summed E-state index contributed by atoms with van der Waals surface area (Å²) >= 11 is 6.06. The molecule has 3 aromatic rings. The fourth-order valence-electron chi connectivity index (χ4n) is 4.66. The summed E-state index contributed by atoms with van der Waals surface area (Å²) in [4.78, 5) is 16.5. The minimum absolute atomic E-state index is 0.202. The molecule has 3 heterocycles. The first kappa shape index (κ1) is 23.8. The summed E-state index contributed by atoms with van der Waals surface area (Å²) in [7, 11) is 0.195. The molecule has 0 N–H and O–H groups in total. The molecule has 1 fully saturated rings. The van der Waals surface area contributed by atoms with E-state index >= 15 is 0 Å². The van der Waals surface area contributed by atoms with E-state index in [0.29, 0.717) is 23.9 Å². The zero-order chi connectivity index (χ0) is 24.6. The molecule has 0 saturated carbocycles. The largest absolute Gasteiger partial charge is 0.368 e. The van der Waals surface area contributed by atoms with Crippen molar-refractivity contribution in [2.24, 2.45) is 0 Å². The third-order valence-corrected chi connectivity index (χ3v) is 8.61. The normalized spacial score (nSPS) is 16.8. The lowest BCUT2D eigenvalue weighted by Crippen LogP contribution is -2.47. The van der Waals surface area contributed by atoms with Gasteiger partial charge in [-0.2, -0.15) is 9.29 Å². The Labute approximate surface area is 211 Å². The third kappa shape index (κ3) is 4.80. The second kappa shape index (κ2) is 9.64. The standard InChI is InChI=1S/C25H29ClN6O2S/c1-29(2)24-22-18-32(35(33,34)21-10-6-7-19(26)17-21)12-11-23(22)27-25(28-24)31-15-13-30(14-16-31)20-8-4-3-5-9-20/h3-10,17H,11-16,18H2,1-2H3. The number of piperazine rings is 1. The van der Waals surface area contributed by atoms with Gasteiger partial charge in [0.25, 0.3) is 0 Å². The van der Waals surface area contributed by atoms with Crippen LogP contribution < -0.4 is 14.7 Å². The molecule has 2 aromatic carbocycles. The van der Waals surface area contributed by atoms with Crippen molar-refractivity contribution in [2.75, 3.05) is 61.5 Å². The molecule has 1 saturated heterocycles. The maximum Gasteiger partial charge on any atom is 0.243 e. The monoisotopic (exact) mass is 512 g/mol. The number of anilines is 3. The van der Waals surface area contributed by atoms with Crippen molar-refractivity contribution in [2.45, 2.75) is 17.9 Å². The van der Waals surface area contributed by atoms with Crippen LogP contribution in [0.4, 0.5) is 17.5 Å². The van der Waals surface area contributed by atoms with Crippen molar-refractivity contribution in [3.05, 3.63) is 70.9 Å². The number of nitrogens with zero attached hydrogens (tertiary/aromatic N) is 6. The summed E-state index contributed by atoms with van der Waals surface area (Å²) < 4.78 is 28.1. The van der Waals surface area contributed by atoms with E-state index in [0.717, 1.165) is 43.3 Å². The first-order valence-electron chi connectivity index (χ1n) is 11.7. The molecule has 1 aromatic heterocycles. The highest BCUT2D eigenvalue weighted by Gasteiger charge is 2.32. The molecule has 10 heteroatoms. The van der Waals surface area contributed by atoms with E-state index in [1.807, 2.05) is 25.1 Å². The predicted molar refractivity (Wildman–Crippen MR) is 140 cm³/mol. The summed E-state index contributed by atoms with van der Waals surface area (Å²) in [6.45, 7) is 4.05. The molecule has 0 spiro atoms. The Kier molecular flexibility index (Phi) is 6.57. The number of sulfonamides is 1.